The van der Waals surface area contributed by atoms with E-state index in [2.05, 4.69) is 15.0 Å². The Kier molecular flexibility index (Phi) is 9.71. The van der Waals surface area contributed by atoms with Crippen LogP contribution in [-0.2, 0) is 46.7 Å². The lowest BCUT2D eigenvalue weighted by Crippen LogP contribution is -2.52. The number of anilines is 1. The van der Waals surface area contributed by atoms with Gasteiger partial charge in [-0.25, -0.2) is 23.6 Å². The number of aryl methyl sites for hydroxylation is 2. The summed E-state index contributed by atoms with van der Waals surface area (Å²) in [6.07, 6.45) is 0.288. The van der Waals surface area contributed by atoms with Gasteiger partial charge in [0.1, 0.15) is 11.4 Å². The number of halogens is 4. The number of aromatic amines is 1. The lowest BCUT2D eigenvalue weighted by molar-refractivity contribution is -0.138. The van der Waals surface area contributed by atoms with Crippen LogP contribution < -0.4 is 4.90 Å². The van der Waals surface area contributed by atoms with Crippen molar-refractivity contribution >= 4 is 24.7 Å². The molecule has 6 rings (SSSR count). The third kappa shape index (κ3) is 6.68. The lowest BCUT2D eigenvalue weighted by Gasteiger charge is -2.53. The van der Waals surface area contributed by atoms with Crippen LogP contribution in [0.4, 0.5) is 23.5 Å². The second-order valence-corrected chi connectivity index (χ2v) is 16.7. The molecule has 2 aromatic carbocycles. The molecule has 0 unspecified atom stereocenters. The number of phosphoric ester groups is 1. The number of fused-ring (bicyclic) bond motifs is 2. The van der Waals surface area contributed by atoms with Crippen LogP contribution in [-0.4, -0.2) is 41.1 Å². The summed E-state index contributed by atoms with van der Waals surface area (Å²) in [5.41, 5.74) is 0.894. The fraction of sp³-hybridized carbons (Fsp3) is 0.447. The van der Waals surface area contributed by atoms with E-state index < -0.39 is 41.8 Å². The number of nitrogens with one attached hydrogen (secondary N) is 1. The van der Waals surface area contributed by atoms with Gasteiger partial charge in [-0.3, -0.25) is 4.52 Å². The largest absolute Gasteiger partial charge is 0.470 e. The van der Waals surface area contributed by atoms with Gasteiger partial charge in [0.15, 0.2) is 0 Å². The molecule has 0 spiro atoms. The molecule has 0 aliphatic carbocycles. The number of nitrogens with zero attached hydrogens (tertiary/aromatic N) is 5. The molecule has 0 fully saturated rings. The van der Waals surface area contributed by atoms with Crippen LogP contribution in [0.25, 0.3) is 27.8 Å². The molecule has 0 atom stereocenters. The molecule has 0 amide bonds. The summed E-state index contributed by atoms with van der Waals surface area (Å²) in [5, 5.41) is 5.55. The average Bonchev–Trinajstić information content (AvgIpc) is 3.70. The first-order valence-corrected chi connectivity index (χ1v) is 19.1. The predicted octanol–water partition coefficient (Wildman–Crippen LogP) is 9.05. The van der Waals surface area contributed by atoms with Crippen LogP contribution in [0.1, 0.15) is 88.9 Å². The van der Waals surface area contributed by atoms with E-state index in [9.17, 15) is 27.5 Å². The number of H-pyrrole nitrogens is 1. The van der Waals surface area contributed by atoms with Gasteiger partial charge in [-0.05, 0) is 46.9 Å². The molecule has 10 nitrogen and oxygen atoms in total. The van der Waals surface area contributed by atoms with Gasteiger partial charge in [0.05, 0.1) is 28.2 Å². The number of hydrogen-bond acceptors (Lipinski definition) is 6. The fourth-order valence-electron chi connectivity index (χ4n) is 8.23. The fourth-order valence-corrected chi connectivity index (χ4v) is 9.24. The average molecular weight is 757 g/mol. The summed E-state index contributed by atoms with van der Waals surface area (Å²) >= 11 is 0. The van der Waals surface area contributed by atoms with Crippen molar-refractivity contribution in [2.24, 2.45) is 10.8 Å². The highest BCUT2D eigenvalue weighted by Gasteiger charge is 2.57. The third-order valence-corrected chi connectivity index (χ3v) is 10.8. The van der Waals surface area contributed by atoms with Crippen molar-refractivity contribution in [2.75, 3.05) is 11.4 Å². The van der Waals surface area contributed by atoms with E-state index in [4.69, 9.17) is 9.62 Å². The van der Waals surface area contributed by atoms with Crippen LogP contribution in [0, 0.1) is 16.6 Å². The smallest absolute Gasteiger partial charge is 0.361 e. The predicted molar refractivity (Wildman–Crippen MR) is 195 cm³/mol. The van der Waals surface area contributed by atoms with Crippen molar-refractivity contribution in [1.29, 1.82) is 0 Å². The first-order valence-electron chi connectivity index (χ1n) is 17.6. The van der Waals surface area contributed by atoms with Gasteiger partial charge in [-0.15, -0.1) is 0 Å². The Bertz CT molecular complexity index is 2170. The molecular formula is C38H45F4N6O4P. The number of aromatic nitrogens is 5. The van der Waals surface area contributed by atoms with Gasteiger partial charge in [-0.1, -0.05) is 73.6 Å². The minimum atomic E-state index is -5.14. The van der Waals surface area contributed by atoms with E-state index in [1.54, 1.807) is 63.4 Å². The molecule has 0 radical (unpaired) electrons. The second-order valence-electron chi connectivity index (χ2n) is 15.6. The van der Waals surface area contributed by atoms with Gasteiger partial charge in [0, 0.05) is 60.2 Å². The van der Waals surface area contributed by atoms with Gasteiger partial charge in [0.2, 0.25) is 5.95 Å². The van der Waals surface area contributed by atoms with E-state index in [-0.39, 0.29) is 23.6 Å². The number of phosphoric acid groups is 1. The highest BCUT2D eigenvalue weighted by atomic mass is 31.2. The zero-order valence-corrected chi connectivity index (χ0v) is 32.0. The molecule has 53 heavy (non-hydrogen) atoms. The topological polar surface area (TPSA) is 129 Å². The molecule has 0 saturated heterocycles. The molecular weight excluding hydrogens is 711 g/mol. The Morgan fingerprint density at radius 1 is 0.962 bits per heavy atom. The Morgan fingerprint density at radius 3 is 2.09 bits per heavy atom. The molecule has 1 aliphatic heterocycles. The van der Waals surface area contributed by atoms with Crippen LogP contribution in [0.5, 0.6) is 0 Å². The van der Waals surface area contributed by atoms with Crippen LogP contribution in [0.2, 0.25) is 0 Å². The minimum Gasteiger partial charge on any atom is -0.361 e. The second kappa shape index (κ2) is 13.3. The Labute approximate surface area is 305 Å². The molecule has 0 bridgehead atoms. The summed E-state index contributed by atoms with van der Waals surface area (Å²) in [6.45, 7) is 15.3. The molecule has 5 aromatic rings. The number of alkyl halides is 3. The SMILES string of the molecule is CCc1cccc(CC)c1-n1nc2c(c1-c1c(F)cc(C(OP(=O)(O)O)(C(C)(C)C)C(C)(C)C)c3[nH]ccc13)CN(c1ncc(C(F)(F)F)cn1)CC2. The van der Waals surface area contributed by atoms with Crippen molar-refractivity contribution in [3.63, 3.8) is 0 Å². The summed E-state index contributed by atoms with van der Waals surface area (Å²) in [4.78, 5) is 33.7. The molecule has 3 N–H and O–H groups in total. The van der Waals surface area contributed by atoms with Crippen LogP contribution >= 0.6 is 7.82 Å². The molecule has 3 aromatic heterocycles. The van der Waals surface area contributed by atoms with Crippen molar-refractivity contribution in [1.82, 2.24) is 24.7 Å². The lowest BCUT2D eigenvalue weighted by atomic mass is 9.59. The van der Waals surface area contributed by atoms with Crippen LogP contribution in [0.15, 0.2) is 48.9 Å². The van der Waals surface area contributed by atoms with Crippen molar-refractivity contribution < 1.29 is 36.4 Å². The van der Waals surface area contributed by atoms with E-state index in [0.717, 1.165) is 29.2 Å². The summed E-state index contributed by atoms with van der Waals surface area (Å²) in [5.74, 6) is -0.568. The Balaban J connectivity index is 1.66. The minimum absolute atomic E-state index is 0.0999. The van der Waals surface area contributed by atoms with Crippen molar-refractivity contribution in [3.8, 4) is 16.9 Å². The maximum atomic E-state index is 17.5. The van der Waals surface area contributed by atoms with Gasteiger partial charge in [-0.2, -0.15) is 18.3 Å². The maximum Gasteiger partial charge on any atom is 0.470 e. The van der Waals surface area contributed by atoms with Gasteiger partial charge < -0.3 is 19.7 Å². The maximum absolute atomic E-state index is 17.5. The molecule has 1 aliphatic rings. The standard InChI is InChI=1S/C38H45F4N6O4P/c1-9-22-12-11-13-23(10-2)32(22)48-33(26-21-47(17-15-29(26)46-48)34-44-19-24(20-45-34)38(40,41)42)30-25-14-16-43-31(25)27(18-28(30)39)37(35(3,4)5,36(6,7)8)52-53(49,50)51/h11-14,16,18-20,43H,9-10,15,17,21H2,1-8H3,(H2,49,50,51). The highest BCUT2D eigenvalue weighted by molar-refractivity contribution is 7.46. The molecule has 4 heterocycles. The first kappa shape index (κ1) is 38.6. The monoisotopic (exact) mass is 756 g/mol. The number of rotatable bonds is 8. The number of para-hydroxylation sites is 1. The number of hydrogen-bond donors (Lipinski definition) is 3. The summed E-state index contributed by atoms with van der Waals surface area (Å²) in [7, 11) is -5.14. The first-order chi connectivity index (χ1) is 24.6. The molecule has 284 valence electrons. The summed E-state index contributed by atoms with van der Waals surface area (Å²) in [6, 6.07) is 9.02. The van der Waals surface area contributed by atoms with E-state index in [1.165, 1.54) is 6.07 Å². The quantitative estimate of drug-likeness (QED) is 0.106. The molecule has 0 saturated carbocycles. The van der Waals surface area contributed by atoms with Crippen LogP contribution in [0.3, 0.4) is 0 Å². The van der Waals surface area contributed by atoms with Crippen molar-refractivity contribution in [3.05, 3.63) is 88.3 Å². The zero-order chi connectivity index (χ0) is 38.9. The van der Waals surface area contributed by atoms with E-state index >= 15 is 4.39 Å². The highest BCUT2D eigenvalue weighted by Crippen LogP contribution is 2.62. The van der Waals surface area contributed by atoms with Gasteiger partial charge >= 0.3 is 14.0 Å². The zero-order valence-electron chi connectivity index (χ0n) is 31.1. The third-order valence-electron chi connectivity index (χ3n) is 10.2. The number of benzene rings is 2. The Morgan fingerprint density at radius 2 is 1.57 bits per heavy atom. The van der Waals surface area contributed by atoms with E-state index in [1.807, 2.05) is 32.0 Å². The normalized spacial score (nSPS) is 14.6. The Hall–Kier alpha value is -4.10. The van der Waals surface area contributed by atoms with Gasteiger partial charge in [0.25, 0.3) is 0 Å². The van der Waals surface area contributed by atoms with E-state index in [0.29, 0.717) is 53.7 Å². The summed E-state index contributed by atoms with van der Waals surface area (Å²) < 4.78 is 77.9. The van der Waals surface area contributed by atoms with Crippen molar-refractivity contribution in [2.45, 2.75) is 93.0 Å². The molecule has 15 heteroatoms.